The summed E-state index contributed by atoms with van der Waals surface area (Å²) in [6.45, 7) is 8.23. The molecule has 1 unspecified atom stereocenters. The fourth-order valence-electron chi connectivity index (χ4n) is 1.08. The van der Waals surface area contributed by atoms with Crippen LogP contribution in [0.3, 0.4) is 0 Å². The number of hydrogen-bond donors (Lipinski definition) is 0. The first-order chi connectivity index (χ1) is 5.16. The SMILES string of the molecule is C=C(C)CCCC(C)CCCl. The maximum atomic E-state index is 5.62. The Morgan fingerprint density at radius 2 is 2.09 bits per heavy atom. The van der Waals surface area contributed by atoms with Crippen molar-refractivity contribution in [2.24, 2.45) is 5.92 Å². The Morgan fingerprint density at radius 1 is 1.45 bits per heavy atom. The van der Waals surface area contributed by atoms with Gasteiger partial charge in [0, 0.05) is 5.88 Å². The number of halogens is 1. The molecule has 1 atom stereocenters. The van der Waals surface area contributed by atoms with Gasteiger partial charge in [0.1, 0.15) is 0 Å². The van der Waals surface area contributed by atoms with Gasteiger partial charge < -0.3 is 0 Å². The predicted octanol–water partition coefficient (Wildman–Crippen LogP) is 4.00. The molecule has 0 fully saturated rings. The first-order valence-corrected chi connectivity index (χ1v) is 4.90. The summed E-state index contributed by atoms with van der Waals surface area (Å²) in [5, 5.41) is 0. The molecule has 0 aromatic heterocycles. The lowest BCUT2D eigenvalue weighted by Gasteiger charge is -2.08. The maximum Gasteiger partial charge on any atom is 0.0225 e. The van der Waals surface area contributed by atoms with Crippen LogP contribution < -0.4 is 0 Å². The van der Waals surface area contributed by atoms with Crippen molar-refractivity contribution in [2.75, 3.05) is 5.88 Å². The summed E-state index contributed by atoms with van der Waals surface area (Å²) in [5.41, 5.74) is 1.29. The normalized spacial score (nSPS) is 13.0. The minimum absolute atomic E-state index is 0.784. The molecule has 0 aliphatic carbocycles. The monoisotopic (exact) mass is 174 g/mol. The van der Waals surface area contributed by atoms with Crippen molar-refractivity contribution >= 4 is 11.6 Å². The van der Waals surface area contributed by atoms with Crippen molar-refractivity contribution in [1.82, 2.24) is 0 Å². The van der Waals surface area contributed by atoms with Crippen LogP contribution in [0.1, 0.15) is 39.5 Å². The molecule has 0 aromatic carbocycles. The maximum absolute atomic E-state index is 5.62. The molecule has 66 valence electrons. The highest BCUT2D eigenvalue weighted by Gasteiger charge is 1.99. The lowest BCUT2D eigenvalue weighted by molar-refractivity contribution is 0.497. The van der Waals surface area contributed by atoms with Crippen LogP contribution in [0.25, 0.3) is 0 Å². The summed E-state index contributed by atoms with van der Waals surface area (Å²) in [4.78, 5) is 0. The molecule has 0 rings (SSSR count). The molecular weight excluding hydrogens is 156 g/mol. The van der Waals surface area contributed by atoms with Gasteiger partial charge in [-0.2, -0.15) is 0 Å². The van der Waals surface area contributed by atoms with E-state index in [0.29, 0.717) is 0 Å². The average molecular weight is 175 g/mol. The Kier molecular flexibility index (Phi) is 6.74. The fraction of sp³-hybridized carbons (Fsp3) is 0.800. The van der Waals surface area contributed by atoms with Crippen molar-refractivity contribution in [3.8, 4) is 0 Å². The van der Waals surface area contributed by atoms with Crippen molar-refractivity contribution in [3.05, 3.63) is 12.2 Å². The molecule has 0 saturated carbocycles. The Labute approximate surface area is 75.6 Å². The fourth-order valence-corrected chi connectivity index (χ4v) is 1.46. The van der Waals surface area contributed by atoms with E-state index in [1.165, 1.54) is 24.8 Å². The first kappa shape index (κ1) is 11.0. The number of allylic oxidation sites excluding steroid dienone is 1. The van der Waals surface area contributed by atoms with Crippen molar-refractivity contribution in [1.29, 1.82) is 0 Å². The molecule has 1 heteroatoms. The quantitative estimate of drug-likeness (QED) is 0.422. The van der Waals surface area contributed by atoms with E-state index in [1.807, 2.05) is 0 Å². The van der Waals surface area contributed by atoms with E-state index in [0.717, 1.165) is 18.2 Å². The Hall–Kier alpha value is 0.0300. The van der Waals surface area contributed by atoms with Gasteiger partial charge in [-0.05, 0) is 32.1 Å². The first-order valence-electron chi connectivity index (χ1n) is 4.37. The summed E-state index contributed by atoms with van der Waals surface area (Å²) in [6, 6.07) is 0. The van der Waals surface area contributed by atoms with Gasteiger partial charge in [0.25, 0.3) is 0 Å². The molecule has 0 heterocycles. The van der Waals surface area contributed by atoms with Crippen LogP contribution >= 0.6 is 11.6 Å². The second-order valence-corrected chi connectivity index (χ2v) is 3.81. The van der Waals surface area contributed by atoms with Crippen LogP contribution in [0.2, 0.25) is 0 Å². The second-order valence-electron chi connectivity index (χ2n) is 3.43. The summed E-state index contributed by atoms with van der Waals surface area (Å²) in [5.74, 6) is 1.58. The minimum atomic E-state index is 0.784. The van der Waals surface area contributed by atoms with E-state index in [2.05, 4.69) is 20.4 Å². The zero-order chi connectivity index (χ0) is 8.69. The van der Waals surface area contributed by atoms with Crippen LogP contribution in [-0.2, 0) is 0 Å². The Bertz CT molecular complexity index is 107. The van der Waals surface area contributed by atoms with E-state index < -0.39 is 0 Å². The third-order valence-electron chi connectivity index (χ3n) is 1.90. The number of rotatable bonds is 6. The molecule has 0 nitrogen and oxygen atoms in total. The smallest absolute Gasteiger partial charge is 0.0225 e. The van der Waals surface area contributed by atoms with Crippen molar-refractivity contribution in [3.63, 3.8) is 0 Å². The molecule has 0 aliphatic rings. The van der Waals surface area contributed by atoms with Gasteiger partial charge in [-0.3, -0.25) is 0 Å². The van der Waals surface area contributed by atoms with Gasteiger partial charge in [-0.1, -0.05) is 18.9 Å². The molecule has 0 aliphatic heterocycles. The van der Waals surface area contributed by atoms with Crippen LogP contribution in [0.15, 0.2) is 12.2 Å². The van der Waals surface area contributed by atoms with E-state index in [1.54, 1.807) is 0 Å². The summed E-state index contributed by atoms with van der Waals surface area (Å²) in [6.07, 6.45) is 4.89. The Morgan fingerprint density at radius 3 is 2.55 bits per heavy atom. The van der Waals surface area contributed by atoms with E-state index in [9.17, 15) is 0 Å². The average Bonchev–Trinajstić information content (AvgIpc) is 1.87. The number of hydrogen-bond acceptors (Lipinski definition) is 0. The van der Waals surface area contributed by atoms with E-state index in [4.69, 9.17) is 11.6 Å². The van der Waals surface area contributed by atoms with E-state index in [-0.39, 0.29) is 0 Å². The summed E-state index contributed by atoms with van der Waals surface area (Å²) < 4.78 is 0. The second kappa shape index (κ2) is 6.72. The molecular formula is C10H19Cl. The predicted molar refractivity (Wildman–Crippen MR) is 53.2 cm³/mol. The summed E-state index contributed by atoms with van der Waals surface area (Å²) in [7, 11) is 0. The van der Waals surface area contributed by atoms with Gasteiger partial charge >= 0.3 is 0 Å². The van der Waals surface area contributed by atoms with Gasteiger partial charge in [-0.15, -0.1) is 18.2 Å². The zero-order valence-corrected chi connectivity index (χ0v) is 8.45. The topological polar surface area (TPSA) is 0 Å². The lowest BCUT2D eigenvalue weighted by Crippen LogP contribution is -1.95. The molecule has 0 spiro atoms. The van der Waals surface area contributed by atoms with Gasteiger partial charge in [0.2, 0.25) is 0 Å². The number of alkyl halides is 1. The summed E-state index contributed by atoms with van der Waals surface area (Å²) >= 11 is 5.62. The largest absolute Gasteiger partial charge is 0.127 e. The van der Waals surface area contributed by atoms with Crippen molar-refractivity contribution < 1.29 is 0 Å². The Balaban J connectivity index is 3.16. The molecule has 0 saturated heterocycles. The third-order valence-corrected chi connectivity index (χ3v) is 2.12. The van der Waals surface area contributed by atoms with E-state index >= 15 is 0 Å². The molecule has 0 amide bonds. The van der Waals surface area contributed by atoms with Crippen LogP contribution in [0.5, 0.6) is 0 Å². The highest BCUT2D eigenvalue weighted by Crippen LogP contribution is 2.14. The van der Waals surface area contributed by atoms with Crippen LogP contribution in [0, 0.1) is 5.92 Å². The van der Waals surface area contributed by atoms with Gasteiger partial charge in [-0.25, -0.2) is 0 Å². The highest BCUT2D eigenvalue weighted by molar-refractivity contribution is 6.17. The molecule has 0 aromatic rings. The molecule has 0 bridgehead atoms. The molecule has 0 radical (unpaired) electrons. The van der Waals surface area contributed by atoms with Crippen molar-refractivity contribution in [2.45, 2.75) is 39.5 Å². The zero-order valence-electron chi connectivity index (χ0n) is 7.70. The molecule has 0 N–H and O–H groups in total. The van der Waals surface area contributed by atoms with Crippen LogP contribution in [0.4, 0.5) is 0 Å². The lowest BCUT2D eigenvalue weighted by atomic mass is 10.00. The van der Waals surface area contributed by atoms with Gasteiger partial charge in [0.15, 0.2) is 0 Å². The van der Waals surface area contributed by atoms with Crippen LogP contribution in [-0.4, -0.2) is 5.88 Å². The standard InChI is InChI=1S/C10H19Cl/c1-9(2)5-4-6-10(3)7-8-11/h10H,1,4-8H2,2-3H3. The minimum Gasteiger partial charge on any atom is -0.127 e. The highest BCUT2D eigenvalue weighted by atomic mass is 35.5. The van der Waals surface area contributed by atoms with Gasteiger partial charge in [0.05, 0.1) is 0 Å². The molecule has 11 heavy (non-hydrogen) atoms. The third kappa shape index (κ3) is 7.93.